The highest BCUT2D eigenvalue weighted by molar-refractivity contribution is 5.95. The third kappa shape index (κ3) is 2.93. The van der Waals surface area contributed by atoms with Crippen LogP contribution in [0.15, 0.2) is 54.7 Å². The highest BCUT2D eigenvalue weighted by Gasteiger charge is 2.22. The van der Waals surface area contributed by atoms with E-state index in [2.05, 4.69) is 39.9 Å². The van der Waals surface area contributed by atoms with Gasteiger partial charge in [-0.25, -0.2) is 0 Å². The lowest BCUT2D eigenvalue weighted by Gasteiger charge is -2.15. The summed E-state index contributed by atoms with van der Waals surface area (Å²) in [5, 5.41) is 9.32. The number of H-pyrrole nitrogens is 1. The molecule has 2 heterocycles. The van der Waals surface area contributed by atoms with Gasteiger partial charge in [0, 0.05) is 10.9 Å². The minimum absolute atomic E-state index is 0.685. The van der Waals surface area contributed by atoms with E-state index in [-0.39, 0.29) is 0 Å². The second-order valence-electron chi connectivity index (χ2n) is 6.43. The van der Waals surface area contributed by atoms with Crippen LogP contribution in [0.1, 0.15) is 5.69 Å². The van der Waals surface area contributed by atoms with Crippen LogP contribution in [0.3, 0.4) is 0 Å². The molecule has 0 amide bonds. The first-order valence-corrected chi connectivity index (χ1v) is 8.92. The van der Waals surface area contributed by atoms with Gasteiger partial charge in [-0.1, -0.05) is 5.10 Å². The van der Waals surface area contributed by atoms with Gasteiger partial charge in [-0.15, -0.1) is 5.10 Å². The molecule has 0 saturated carbocycles. The fourth-order valence-corrected chi connectivity index (χ4v) is 3.52. The summed E-state index contributed by atoms with van der Waals surface area (Å²) < 4.78 is 18.5. The van der Waals surface area contributed by atoms with Crippen molar-refractivity contribution < 1.29 is 18.8 Å². The van der Waals surface area contributed by atoms with E-state index in [0.29, 0.717) is 11.5 Å². The molecule has 4 rings (SSSR count). The first-order valence-electron chi connectivity index (χ1n) is 8.92. The van der Waals surface area contributed by atoms with Crippen LogP contribution < -0.4 is 18.8 Å². The summed E-state index contributed by atoms with van der Waals surface area (Å²) in [5.41, 5.74) is 3.15. The molecule has 0 radical (unpaired) electrons. The van der Waals surface area contributed by atoms with Gasteiger partial charge in [0.15, 0.2) is 11.5 Å². The molecule has 28 heavy (non-hydrogen) atoms. The molecule has 1 N–H and O–H groups in total. The highest BCUT2D eigenvalue weighted by Crippen LogP contribution is 2.36. The number of pyridine rings is 1. The summed E-state index contributed by atoms with van der Waals surface area (Å²) in [4.78, 5) is 0. The number of nitrogens with zero attached hydrogens (tertiary/aromatic N) is 2. The predicted molar refractivity (Wildman–Crippen MR) is 107 cm³/mol. The van der Waals surface area contributed by atoms with Crippen molar-refractivity contribution in [2.24, 2.45) is 0 Å². The van der Waals surface area contributed by atoms with Crippen molar-refractivity contribution in [2.75, 3.05) is 21.3 Å². The Morgan fingerprint density at radius 2 is 1.57 bits per heavy atom. The first-order chi connectivity index (χ1) is 13.7. The van der Waals surface area contributed by atoms with Gasteiger partial charge in [-0.05, 0) is 54.8 Å². The van der Waals surface area contributed by atoms with E-state index >= 15 is 0 Å². The Labute approximate surface area is 163 Å². The third-order valence-corrected chi connectivity index (χ3v) is 4.84. The Hall–Kier alpha value is -3.54. The van der Waals surface area contributed by atoms with Crippen molar-refractivity contribution in [1.82, 2.24) is 10.2 Å². The lowest BCUT2D eigenvalue weighted by Crippen LogP contribution is -2.37. The molecule has 0 aliphatic carbocycles. The lowest BCUT2D eigenvalue weighted by atomic mass is 10.0. The normalized spacial score (nSPS) is 10.9. The van der Waals surface area contributed by atoms with Gasteiger partial charge in [0.1, 0.15) is 17.1 Å². The van der Waals surface area contributed by atoms with Crippen LogP contribution in [0.4, 0.5) is 0 Å². The van der Waals surface area contributed by atoms with E-state index in [1.54, 1.807) is 27.5 Å². The maximum atomic E-state index is 5.56. The van der Waals surface area contributed by atoms with Crippen molar-refractivity contribution in [3.8, 4) is 34.3 Å². The number of rotatable bonds is 5. The molecular weight excluding hydrogens is 354 g/mol. The number of aryl methyl sites for hydroxylation is 1. The zero-order valence-electron chi connectivity index (χ0n) is 16.3. The molecule has 4 aromatic rings. The largest absolute Gasteiger partial charge is 0.497 e. The summed E-state index contributed by atoms with van der Waals surface area (Å²) >= 11 is 0. The minimum atomic E-state index is 0.685. The van der Waals surface area contributed by atoms with Gasteiger partial charge in [-0.2, -0.15) is 4.57 Å². The van der Waals surface area contributed by atoms with Gasteiger partial charge in [0.2, 0.25) is 0 Å². The van der Waals surface area contributed by atoms with E-state index in [4.69, 9.17) is 14.2 Å². The molecule has 0 aliphatic rings. The van der Waals surface area contributed by atoms with E-state index in [9.17, 15) is 0 Å². The number of hydrogen-bond acceptors (Lipinski definition) is 4. The highest BCUT2D eigenvalue weighted by atomic mass is 16.5. The zero-order chi connectivity index (χ0) is 19.7. The van der Waals surface area contributed by atoms with Crippen molar-refractivity contribution in [1.29, 1.82) is 0 Å². The maximum Gasteiger partial charge on any atom is 0.306 e. The SMILES string of the molecule is COc1ccc(-c2c3cc(OC)c(OC)cc3cc(C)[n+]2-c2ccn[nH]2)cc1. The van der Waals surface area contributed by atoms with Gasteiger partial charge in [0.25, 0.3) is 0 Å². The summed E-state index contributed by atoms with van der Waals surface area (Å²) in [6.07, 6.45) is 1.75. The smallest absolute Gasteiger partial charge is 0.306 e. The molecule has 0 aliphatic heterocycles. The summed E-state index contributed by atoms with van der Waals surface area (Å²) in [5.74, 6) is 3.09. The fraction of sp³-hybridized carbons (Fsp3) is 0.182. The average molecular weight is 376 g/mol. The molecule has 0 bridgehead atoms. The van der Waals surface area contributed by atoms with Crippen molar-refractivity contribution in [3.63, 3.8) is 0 Å². The Kier molecular flexibility index (Phi) is 4.61. The van der Waals surface area contributed by atoms with Gasteiger partial charge < -0.3 is 14.2 Å². The molecule has 6 heteroatoms. The quantitative estimate of drug-likeness (QED) is 0.538. The van der Waals surface area contributed by atoms with Crippen LogP contribution in [-0.2, 0) is 0 Å². The van der Waals surface area contributed by atoms with E-state index in [1.165, 1.54) is 0 Å². The lowest BCUT2D eigenvalue weighted by molar-refractivity contribution is -0.593. The molecule has 0 spiro atoms. The number of methoxy groups -OCH3 is 3. The molecule has 0 fully saturated rings. The first kappa shape index (κ1) is 17.9. The Morgan fingerprint density at radius 3 is 2.18 bits per heavy atom. The van der Waals surface area contributed by atoms with E-state index in [1.807, 2.05) is 30.3 Å². The van der Waals surface area contributed by atoms with E-state index in [0.717, 1.165) is 39.3 Å². The number of ether oxygens (including phenoxy) is 3. The Morgan fingerprint density at radius 1 is 0.857 bits per heavy atom. The van der Waals surface area contributed by atoms with Crippen LogP contribution in [0, 0.1) is 6.92 Å². The fourth-order valence-electron chi connectivity index (χ4n) is 3.52. The van der Waals surface area contributed by atoms with Crippen LogP contribution in [0.5, 0.6) is 17.2 Å². The van der Waals surface area contributed by atoms with Gasteiger partial charge >= 0.3 is 5.82 Å². The predicted octanol–water partition coefficient (Wildman–Crippen LogP) is 3.84. The molecule has 0 atom stereocenters. The molecule has 6 nitrogen and oxygen atoms in total. The summed E-state index contributed by atoms with van der Waals surface area (Å²) in [6.45, 7) is 2.07. The molecule has 2 aromatic heterocycles. The number of benzene rings is 2. The number of nitrogens with one attached hydrogen (secondary N) is 1. The monoisotopic (exact) mass is 376 g/mol. The summed E-state index contributed by atoms with van der Waals surface area (Å²) in [7, 11) is 4.96. The average Bonchev–Trinajstić information content (AvgIpc) is 3.26. The molecule has 0 saturated heterocycles. The third-order valence-electron chi connectivity index (χ3n) is 4.84. The topological polar surface area (TPSA) is 60.2 Å². The Bertz CT molecular complexity index is 1120. The standard InChI is InChI=1S/C22H22N3O3/c1-14-11-16-12-19(27-3)20(28-4)13-18(16)22(25(14)21-9-10-23-24-21)15-5-7-17(26-2)8-6-15/h5-13H,1-4H3,(H,23,24)/q+1. The number of aromatic amines is 1. The molecule has 2 aromatic carbocycles. The molecule has 0 unspecified atom stereocenters. The van der Waals surface area contributed by atoms with Crippen LogP contribution in [0.2, 0.25) is 0 Å². The zero-order valence-corrected chi connectivity index (χ0v) is 16.3. The van der Waals surface area contributed by atoms with Crippen molar-refractivity contribution >= 4 is 10.8 Å². The van der Waals surface area contributed by atoms with Gasteiger partial charge in [-0.3, -0.25) is 0 Å². The maximum absolute atomic E-state index is 5.56. The van der Waals surface area contributed by atoms with Gasteiger partial charge in [0.05, 0.1) is 33.6 Å². The Balaban J connectivity index is 2.10. The second kappa shape index (κ2) is 7.23. The molecular formula is C22H22N3O3+. The molecule has 142 valence electrons. The van der Waals surface area contributed by atoms with Crippen molar-refractivity contribution in [3.05, 3.63) is 60.4 Å². The van der Waals surface area contributed by atoms with Crippen LogP contribution >= 0.6 is 0 Å². The number of fused-ring (bicyclic) bond motifs is 1. The number of aromatic nitrogens is 3. The second-order valence-corrected chi connectivity index (χ2v) is 6.43. The summed E-state index contributed by atoms with van der Waals surface area (Å²) in [6, 6.07) is 16.1. The van der Waals surface area contributed by atoms with E-state index < -0.39 is 0 Å². The minimum Gasteiger partial charge on any atom is -0.497 e. The van der Waals surface area contributed by atoms with Crippen LogP contribution in [0.25, 0.3) is 27.8 Å². The van der Waals surface area contributed by atoms with Crippen molar-refractivity contribution in [2.45, 2.75) is 6.92 Å². The number of hydrogen-bond donors (Lipinski definition) is 1. The van der Waals surface area contributed by atoms with Crippen LogP contribution in [-0.4, -0.2) is 31.5 Å².